The topological polar surface area (TPSA) is 58.6 Å². The predicted octanol–water partition coefficient (Wildman–Crippen LogP) is 2.21. The SMILES string of the molecule is CC[C@H]1CN(C(=O)CCNC(=O)c2ccc(Br)cc2)CCO1. The molecule has 1 aromatic carbocycles. The molecule has 0 saturated carbocycles. The summed E-state index contributed by atoms with van der Waals surface area (Å²) in [5.74, 6) is -0.0911. The Morgan fingerprint density at radius 2 is 2.09 bits per heavy atom. The number of amides is 2. The number of nitrogens with one attached hydrogen (secondary N) is 1. The first-order valence-electron chi connectivity index (χ1n) is 7.53. The van der Waals surface area contributed by atoms with Gasteiger partial charge in [-0.1, -0.05) is 22.9 Å². The van der Waals surface area contributed by atoms with Crippen LogP contribution in [0.25, 0.3) is 0 Å². The van der Waals surface area contributed by atoms with Crippen molar-refractivity contribution in [2.45, 2.75) is 25.9 Å². The fourth-order valence-electron chi connectivity index (χ4n) is 2.34. The molecule has 1 N–H and O–H groups in total. The molecule has 0 spiro atoms. The summed E-state index contributed by atoms with van der Waals surface area (Å²) in [6, 6.07) is 7.13. The molecule has 2 rings (SSSR count). The number of hydrogen-bond acceptors (Lipinski definition) is 3. The molecule has 1 heterocycles. The van der Waals surface area contributed by atoms with E-state index >= 15 is 0 Å². The average molecular weight is 369 g/mol. The van der Waals surface area contributed by atoms with Gasteiger partial charge in [-0.2, -0.15) is 0 Å². The zero-order chi connectivity index (χ0) is 15.9. The van der Waals surface area contributed by atoms with Crippen molar-refractivity contribution in [2.24, 2.45) is 0 Å². The fourth-order valence-corrected chi connectivity index (χ4v) is 2.60. The van der Waals surface area contributed by atoms with Gasteiger partial charge in [-0.25, -0.2) is 0 Å². The number of ether oxygens (including phenoxy) is 1. The lowest BCUT2D eigenvalue weighted by Crippen LogP contribution is -2.46. The van der Waals surface area contributed by atoms with Crippen LogP contribution in [0.4, 0.5) is 0 Å². The standard InChI is InChI=1S/C16H21BrN2O3/c1-2-14-11-19(9-10-22-14)15(20)7-8-18-16(21)12-3-5-13(17)6-4-12/h3-6,14H,2,7-11H2,1H3,(H,18,21)/t14-/m0/s1. The van der Waals surface area contributed by atoms with Crippen molar-refractivity contribution in [1.82, 2.24) is 10.2 Å². The Morgan fingerprint density at radius 3 is 2.77 bits per heavy atom. The molecule has 1 aliphatic rings. The van der Waals surface area contributed by atoms with E-state index in [4.69, 9.17) is 4.74 Å². The molecule has 0 aliphatic carbocycles. The van der Waals surface area contributed by atoms with Crippen molar-refractivity contribution in [2.75, 3.05) is 26.2 Å². The van der Waals surface area contributed by atoms with Crippen molar-refractivity contribution in [3.63, 3.8) is 0 Å². The molecule has 1 fully saturated rings. The van der Waals surface area contributed by atoms with E-state index in [1.54, 1.807) is 12.1 Å². The first kappa shape index (κ1) is 17.0. The molecule has 0 radical (unpaired) electrons. The monoisotopic (exact) mass is 368 g/mol. The van der Waals surface area contributed by atoms with Gasteiger partial charge in [-0.3, -0.25) is 9.59 Å². The van der Waals surface area contributed by atoms with Crippen molar-refractivity contribution in [3.05, 3.63) is 34.3 Å². The molecule has 0 unspecified atom stereocenters. The summed E-state index contributed by atoms with van der Waals surface area (Å²) in [5, 5.41) is 2.78. The minimum absolute atomic E-state index is 0.0675. The lowest BCUT2D eigenvalue weighted by Gasteiger charge is -2.32. The maximum absolute atomic E-state index is 12.1. The Hall–Kier alpha value is -1.40. The molecular formula is C16H21BrN2O3. The lowest BCUT2D eigenvalue weighted by molar-refractivity contribution is -0.138. The highest BCUT2D eigenvalue weighted by atomic mass is 79.9. The minimum Gasteiger partial charge on any atom is -0.375 e. The predicted molar refractivity (Wildman–Crippen MR) is 87.7 cm³/mol. The number of rotatable bonds is 5. The normalized spacial score (nSPS) is 18.1. The first-order valence-corrected chi connectivity index (χ1v) is 8.32. The number of halogens is 1. The minimum atomic E-state index is -0.159. The van der Waals surface area contributed by atoms with Gasteiger partial charge in [0.2, 0.25) is 5.91 Å². The molecule has 6 heteroatoms. The second-order valence-electron chi connectivity index (χ2n) is 5.25. The van der Waals surface area contributed by atoms with Gasteiger partial charge in [-0.15, -0.1) is 0 Å². The van der Waals surface area contributed by atoms with Gasteiger partial charge in [-0.05, 0) is 30.7 Å². The Balaban J connectivity index is 1.74. The first-order chi connectivity index (χ1) is 10.6. The second-order valence-corrected chi connectivity index (χ2v) is 6.17. The highest BCUT2D eigenvalue weighted by molar-refractivity contribution is 9.10. The summed E-state index contributed by atoms with van der Waals surface area (Å²) in [4.78, 5) is 25.9. The van der Waals surface area contributed by atoms with Crippen LogP contribution in [0, 0.1) is 0 Å². The molecule has 0 aromatic heterocycles. The van der Waals surface area contributed by atoms with Crippen LogP contribution in [-0.4, -0.2) is 49.1 Å². The smallest absolute Gasteiger partial charge is 0.251 e. The average Bonchev–Trinajstić information content (AvgIpc) is 2.55. The highest BCUT2D eigenvalue weighted by Gasteiger charge is 2.22. The van der Waals surface area contributed by atoms with Crippen LogP contribution in [0.3, 0.4) is 0 Å². The van der Waals surface area contributed by atoms with Crippen molar-refractivity contribution < 1.29 is 14.3 Å². The second kappa shape index (κ2) is 8.29. The van der Waals surface area contributed by atoms with Crippen LogP contribution in [0.1, 0.15) is 30.1 Å². The third-order valence-electron chi connectivity index (χ3n) is 3.68. The number of benzene rings is 1. The Kier molecular flexibility index (Phi) is 6.39. The van der Waals surface area contributed by atoms with Crippen molar-refractivity contribution in [1.29, 1.82) is 0 Å². The van der Waals surface area contributed by atoms with Crippen LogP contribution in [-0.2, 0) is 9.53 Å². The maximum atomic E-state index is 12.1. The molecule has 1 saturated heterocycles. The van der Waals surface area contributed by atoms with E-state index in [1.165, 1.54) is 0 Å². The number of carbonyl (C=O) groups excluding carboxylic acids is 2. The maximum Gasteiger partial charge on any atom is 0.251 e. The van der Waals surface area contributed by atoms with E-state index in [9.17, 15) is 9.59 Å². The van der Waals surface area contributed by atoms with Crippen LogP contribution >= 0.6 is 15.9 Å². The Bertz CT molecular complexity index is 519. The number of carbonyl (C=O) groups is 2. The number of nitrogens with zero attached hydrogens (tertiary/aromatic N) is 1. The molecule has 22 heavy (non-hydrogen) atoms. The van der Waals surface area contributed by atoms with Crippen LogP contribution in [0.15, 0.2) is 28.7 Å². The van der Waals surface area contributed by atoms with E-state index in [1.807, 2.05) is 17.0 Å². The summed E-state index contributed by atoms with van der Waals surface area (Å²) in [6.07, 6.45) is 1.36. The summed E-state index contributed by atoms with van der Waals surface area (Å²) < 4.78 is 6.48. The van der Waals surface area contributed by atoms with Gasteiger partial charge in [0.1, 0.15) is 0 Å². The van der Waals surface area contributed by atoms with E-state index < -0.39 is 0 Å². The van der Waals surface area contributed by atoms with Gasteiger partial charge >= 0.3 is 0 Å². The zero-order valence-corrected chi connectivity index (χ0v) is 14.3. The largest absolute Gasteiger partial charge is 0.375 e. The number of hydrogen-bond donors (Lipinski definition) is 1. The molecule has 0 bridgehead atoms. The zero-order valence-electron chi connectivity index (χ0n) is 12.7. The Morgan fingerprint density at radius 1 is 1.36 bits per heavy atom. The summed E-state index contributed by atoms with van der Waals surface area (Å²) in [5.41, 5.74) is 0.591. The molecule has 1 aromatic rings. The van der Waals surface area contributed by atoms with Crippen LogP contribution in [0.2, 0.25) is 0 Å². The molecule has 1 aliphatic heterocycles. The van der Waals surface area contributed by atoms with Crippen molar-refractivity contribution >= 4 is 27.7 Å². The third kappa shape index (κ3) is 4.81. The molecular weight excluding hydrogens is 348 g/mol. The summed E-state index contributed by atoms with van der Waals surface area (Å²) in [7, 11) is 0. The van der Waals surface area contributed by atoms with E-state index in [-0.39, 0.29) is 17.9 Å². The van der Waals surface area contributed by atoms with Gasteiger partial charge in [0.15, 0.2) is 0 Å². The number of morpholine rings is 1. The van der Waals surface area contributed by atoms with E-state index in [2.05, 4.69) is 28.2 Å². The van der Waals surface area contributed by atoms with Crippen molar-refractivity contribution in [3.8, 4) is 0 Å². The molecule has 2 amide bonds. The van der Waals surface area contributed by atoms with Gasteiger partial charge in [0, 0.05) is 36.1 Å². The van der Waals surface area contributed by atoms with Gasteiger partial charge in [0.25, 0.3) is 5.91 Å². The lowest BCUT2D eigenvalue weighted by atomic mass is 10.2. The molecule has 1 atom stereocenters. The third-order valence-corrected chi connectivity index (χ3v) is 4.21. The molecule has 5 nitrogen and oxygen atoms in total. The van der Waals surface area contributed by atoms with E-state index in [0.717, 1.165) is 10.9 Å². The highest BCUT2D eigenvalue weighted by Crippen LogP contribution is 2.11. The quantitative estimate of drug-likeness (QED) is 0.866. The summed E-state index contributed by atoms with van der Waals surface area (Å²) >= 11 is 3.33. The molecule has 120 valence electrons. The Labute approximate surface area is 139 Å². The van der Waals surface area contributed by atoms with Crippen LogP contribution < -0.4 is 5.32 Å². The summed E-state index contributed by atoms with van der Waals surface area (Å²) in [6.45, 7) is 4.28. The fraction of sp³-hybridized carbons (Fsp3) is 0.500. The van der Waals surface area contributed by atoms with Crippen LogP contribution in [0.5, 0.6) is 0 Å². The van der Waals surface area contributed by atoms with Gasteiger partial charge in [0.05, 0.1) is 12.7 Å². The van der Waals surface area contributed by atoms with Gasteiger partial charge < -0.3 is 15.0 Å². The van der Waals surface area contributed by atoms with E-state index in [0.29, 0.717) is 38.2 Å².